The van der Waals surface area contributed by atoms with Crippen LogP contribution in [0, 0.1) is 5.82 Å². The molecule has 8 heteroatoms. The van der Waals surface area contributed by atoms with Crippen molar-refractivity contribution in [2.75, 3.05) is 7.11 Å². The molecule has 152 valence electrons. The van der Waals surface area contributed by atoms with Crippen LogP contribution in [0.1, 0.15) is 22.9 Å². The van der Waals surface area contributed by atoms with Gasteiger partial charge in [-0.1, -0.05) is 0 Å². The molecule has 1 amide bonds. The molecule has 0 saturated carbocycles. The summed E-state index contributed by atoms with van der Waals surface area (Å²) < 4.78 is 24.4. The number of methoxy groups -OCH3 is 1. The SMILES string of the molecule is COc1ccc(F)cc1/C(O)=C1\C(=O)C(=O)N(Cc2ccco2)C1c1ccncc1. The van der Waals surface area contributed by atoms with Crippen LogP contribution >= 0.6 is 0 Å². The number of carbonyl (C=O) groups is 2. The summed E-state index contributed by atoms with van der Waals surface area (Å²) in [7, 11) is 1.36. The fourth-order valence-corrected chi connectivity index (χ4v) is 3.52. The van der Waals surface area contributed by atoms with Crippen LogP contribution in [0.4, 0.5) is 4.39 Å². The molecule has 0 radical (unpaired) electrons. The number of hydrogen-bond acceptors (Lipinski definition) is 6. The summed E-state index contributed by atoms with van der Waals surface area (Å²) in [6, 6.07) is 9.28. The third-order valence-corrected chi connectivity index (χ3v) is 4.88. The van der Waals surface area contributed by atoms with Crippen LogP contribution in [0.5, 0.6) is 5.75 Å². The molecule has 1 aliphatic heterocycles. The molecule has 0 aliphatic carbocycles. The van der Waals surface area contributed by atoms with E-state index in [-0.39, 0.29) is 23.4 Å². The van der Waals surface area contributed by atoms with E-state index < -0.39 is 29.3 Å². The van der Waals surface area contributed by atoms with E-state index in [0.29, 0.717) is 11.3 Å². The molecule has 7 nitrogen and oxygen atoms in total. The molecule has 1 aromatic carbocycles. The largest absolute Gasteiger partial charge is 0.507 e. The Hall–Kier alpha value is -3.94. The molecule has 1 aliphatic rings. The molecule has 2 aromatic heterocycles. The van der Waals surface area contributed by atoms with E-state index in [1.807, 2.05) is 0 Å². The Bertz CT molecular complexity index is 1130. The van der Waals surface area contributed by atoms with Gasteiger partial charge in [0.2, 0.25) is 0 Å². The number of pyridine rings is 1. The molecule has 1 atom stereocenters. The maximum atomic E-state index is 13.9. The first-order chi connectivity index (χ1) is 14.5. The number of ether oxygens (including phenoxy) is 1. The van der Waals surface area contributed by atoms with Gasteiger partial charge in [0.25, 0.3) is 11.7 Å². The second kappa shape index (κ2) is 7.82. The normalized spacial score (nSPS) is 18.1. The summed E-state index contributed by atoms with van der Waals surface area (Å²) in [5.41, 5.74) is 0.377. The van der Waals surface area contributed by atoms with E-state index in [4.69, 9.17) is 9.15 Å². The number of hydrogen-bond donors (Lipinski definition) is 1. The maximum absolute atomic E-state index is 13.9. The summed E-state index contributed by atoms with van der Waals surface area (Å²) in [5, 5.41) is 11.0. The van der Waals surface area contributed by atoms with E-state index in [9.17, 15) is 19.1 Å². The van der Waals surface area contributed by atoms with Gasteiger partial charge in [-0.2, -0.15) is 0 Å². The van der Waals surface area contributed by atoms with E-state index in [1.54, 1.807) is 24.3 Å². The highest BCUT2D eigenvalue weighted by Gasteiger charge is 2.46. The number of halogens is 1. The lowest BCUT2D eigenvalue weighted by atomic mass is 9.95. The fourth-order valence-electron chi connectivity index (χ4n) is 3.52. The molecule has 4 rings (SSSR count). The second-order valence-electron chi connectivity index (χ2n) is 6.63. The summed E-state index contributed by atoms with van der Waals surface area (Å²) in [6.45, 7) is 0.0155. The number of likely N-dealkylation sites (tertiary alicyclic amines) is 1. The van der Waals surface area contributed by atoms with Gasteiger partial charge in [-0.05, 0) is 48.0 Å². The van der Waals surface area contributed by atoms with Crippen molar-refractivity contribution in [1.82, 2.24) is 9.88 Å². The van der Waals surface area contributed by atoms with Crippen LogP contribution < -0.4 is 4.74 Å². The average molecular weight is 408 g/mol. The van der Waals surface area contributed by atoms with Crippen LogP contribution in [0.25, 0.3) is 5.76 Å². The van der Waals surface area contributed by atoms with Gasteiger partial charge >= 0.3 is 0 Å². The van der Waals surface area contributed by atoms with Crippen molar-refractivity contribution in [3.05, 3.63) is 89.4 Å². The number of aliphatic hydroxyl groups excluding tert-OH is 1. The Morgan fingerprint density at radius 1 is 1.23 bits per heavy atom. The summed E-state index contributed by atoms with van der Waals surface area (Å²) in [6.07, 6.45) is 4.50. The second-order valence-corrected chi connectivity index (χ2v) is 6.63. The first-order valence-corrected chi connectivity index (χ1v) is 9.06. The van der Waals surface area contributed by atoms with Crippen molar-refractivity contribution in [2.24, 2.45) is 0 Å². The van der Waals surface area contributed by atoms with Crippen molar-refractivity contribution in [1.29, 1.82) is 0 Å². The number of ketones is 1. The zero-order chi connectivity index (χ0) is 21.3. The Morgan fingerprint density at radius 2 is 2.00 bits per heavy atom. The van der Waals surface area contributed by atoms with Gasteiger partial charge in [0.1, 0.15) is 23.1 Å². The molecule has 1 N–H and O–H groups in total. The van der Waals surface area contributed by atoms with Gasteiger partial charge in [-0.25, -0.2) is 4.39 Å². The van der Waals surface area contributed by atoms with Crippen molar-refractivity contribution in [3.8, 4) is 5.75 Å². The highest BCUT2D eigenvalue weighted by molar-refractivity contribution is 6.46. The van der Waals surface area contributed by atoms with Crippen LogP contribution in [0.15, 0.2) is 71.1 Å². The van der Waals surface area contributed by atoms with Crippen LogP contribution in [-0.4, -0.2) is 33.8 Å². The molecule has 30 heavy (non-hydrogen) atoms. The number of carbonyl (C=O) groups excluding carboxylic acids is 2. The molecule has 0 bridgehead atoms. The van der Waals surface area contributed by atoms with Crippen molar-refractivity contribution < 1.29 is 28.2 Å². The summed E-state index contributed by atoms with van der Waals surface area (Å²) >= 11 is 0. The minimum atomic E-state index is -0.911. The number of rotatable bonds is 5. The van der Waals surface area contributed by atoms with E-state index in [2.05, 4.69) is 4.98 Å². The number of benzene rings is 1. The number of nitrogens with zero attached hydrogens (tertiary/aromatic N) is 2. The minimum Gasteiger partial charge on any atom is -0.507 e. The molecule has 1 fully saturated rings. The van der Waals surface area contributed by atoms with Crippen LogP contribution in [0.2, 0.25) is 0 Å². The van der Waals surface area contributed by atoms with E-state index in [0.717, 1.165) is 6.07 Å². The van der Waals surface area contributed by atoms with E-state index in [1.165, 1.54) is 42.8 Å². The first-order valence-electron chi connectivity index (χ1n) is 9.06. The third kappa shape index (κ3) is 3.32. The molecule has 1 saturated heterocycles. The third-order valence-electron chi connectivity index (χ3n) is 4.88. The van der Waals surface area contributed by atoms with Crippen molar-refractivity contribution >= 4 is 17.4 Å². The molecular weight excluding hydrogens is 391 g/mol. The lowest BCUT2D eigenvalue weighted by Crippen LogP contribution is -2.29. The fraction of sp³-hybridized carbons (Fsp3) is 0.136. The minimum absolute atomic E-state index is 0.0155. The van der Waals surface area contributed by atoms with Gasteiger partial charge in [0, 0.05) is 12.4 Å². The highest BCUT2D eigenvalue weighted by Crippen LogP contribution is 2.41. The lowest BCUT2D eigenvalue weighted by Gasteiger charge is -2.24. The Morgan fingerprint density at radius 3 is 2.67 bits per heavy atom. The quantitative estimate of drug-likeness (QED) is 0.395. The van der Waals surface area contributed by atoms with E-state index >= 15 is 0 Å². The molecular formula is C22H17FN2O5. The molecule has 0 spiro atoms. The topological polar surface area (TPSA) is 92.9 Å². The van der Waals surface area contributed by atoms with Crippen molar-refractivity contribution in [3.63, 3.8) is 0 Å². The van der Waals surface area contributed by atoms with Gasteiger partial charge in [0.15, 0.2) is 0 Å². The molecule has 1 unspecified atom stereocenters. The predicted octanol–water partition coefficient (Wildman–Crippen LogP) is 3.44. The number of amides is 1. The highest BCUT2D eigenvalue weighted by atomic mass is 19.1. The standard InChI is InChI=1S/C22H17FN2O5/c1-29-17-5-4-14(23)11-16(17)20(26)18-19(13-6-8-24-9-7-13)25(22(28)21(18)27)12-15-3-2-10-30-15/h2-11,19,26H,12H2,1H3/b20-18+. The Balaban J connectivity index is 1.90. The summed E-state index contributed by atoms with van der Waals surface area (Å²) in [5.74, 6) is -2.19. The maximum Gasteiger partial charge on any atom is 0.296 e. The van der Waals surface area contributed by atoms with Crippen LogP contribution in [0.3, 0.4) is 0 Å². The average Bonchev–Trinajstić information content (AvgIpc) is 3.36. The lowest BCUT2D eigenvalue weighted by molar-refractivity contribution is -0.140. The van der Waals surface area contributed by atoms with Crippen molar-refractivity contribution in [2.45, 2.75) is 12.6 Å². The predicted molar refractivity (Wildman–Crippen MR) is 104 cm³/mol. The monoisotopic (exact) mass is 408 g/mol. The zero-order valence-corrected chi connectivity index (χ0v) is 15.9. The molecule has 3 aromatic rings. The zero-order valence-electron chi connectivity index (χ0n) is 15.9. The Kier molecular flexibility index (Phi) is 5.05. The molecule has 3 heterocycles. The van der Waals surface area contributed by atoms with Crippen LogP contribution in [-0.2, 0) is 16.1 Å². The smallest absolute Gasteiger partial charge is 0.296 e. The number of Topliss-reactive ketones (excluding diaryl/α,β-unsaturated/α-hetero) is 1. The number of furan rings is 1. The van der Waals surface area contributed by atoms with Gasteiger partial charge in [-0.3, -0.25) is 14.6 Å². The Labute approximate surface area is 171 Å². The number of aromatic nitrogens is 1. The number of aliphatic hydroxyl groups is 1. The van der Waals surface area contributed by atoms with Gasteiger partial charge in [-0.15, -0.1) is 0 Å². The van der Waals surface area contributed by atoms with Gasteiger partial charge in [0.05, 0.1) is 37.1 Å². The van der Waals surface area contributed by atoms with Gasteiger partial charge < -0.3 is 19.2 Å². The first kappa shape index (κ1) is 19.4. The summed E-state index contributed by atoms with van der Waals surface area (Å²) in [4.78, 5) is 31.1.